The summed E-state index contributed by atoms with van der Waals surface area (Å²) in [6.07, 6.45) is 9.12. The number of thioether (sulfide) groups is 1. The lowest BCUT2D eigenvalue weighted by Crippen LogP contribution is -2.69. The van der Waals surface area contributed by atoms with Crippen LogP contribution < -0.4 is 18.9 Å². The molecule has 2 heterocycles. The Morgan fingerprint density at radius 2 is 1.73 bits per heavy atom. The van der Waals surface area contributed by atoms with Crippen LogP contribution in [-0.2, 0) is 9.57 Å². The highest BCUT2D eigenvalue weighted by Gasteiger charge is 2.65. The van der Waals surface area contributed by atoms with Gasteiger partial charge in [0.1, 0.15) is 23.1 Å². The van der Waals surface area contributed by atoms with Gasteiger partial charge in [-0.05, 0) is 112 Å². The minimum Gasteiger partial charge on any atom is -0.493 e. The summed E-state index contributed by atoms with van der Waals surface area (Å²) in [6.45, 7) is 11.0. The molecular formula is C48H60N2O9S. The second kappa shape index (κ2) is 19.5. The number of amides is 1. The summed E-state index contributed by atoms with van der Waals surface area (Å²) in [4.78, 5) is 23.8. The van der Waals surface area contributed by atoms with Gasteiger partial charge in [0.15, 0.2) is 11.5 Å². The molecule has 3 aromatic carbocycles. The maximum atomic E-state index is 14.7. The minimum absolute atomic E-state index is 0.0978. The molecule has 0 radical (unpaired) electrons. The topological polar surface area (TPSA) is 129 Å². The largest absolute Gasteiger partial charge is 0.493 e. The quantitative estimate of drug-likeness (QED) is 0.0523. The van der Waals surface area contributed by atoms with E-state index in [0.717, 1.165) is 54.0 Å². The van der Waals surface area contributed by atoms with Gasteiger partial charge in [0.05, 0.1) is 24.8 Å². The van der Waals surface area contributed by atoms with Crippen LogP contribution in [-0.4, -0.2) is 90.2 Å². The number of aliphatic hydroxyl groups excluding tert-OH is 2. The summed E-state index contributed by atoms with van der Waals surface area (Å²) in [7, 11) is 1.80. The van der Waals surface area contributed by atoms with E-state index < -0.39 is 23.3 Å². The predicted molar refractivity (Wildman–Crippen MR) is 233 cm³/mol. The summed E-state index contributed by atoms with van der Waals surface area (Å²) in [5.41, 5.74) is 2.61. The van der Waals surface area contributed by atoms with Crippen LogP contribution in [0.1, 0.15) is 87.6 Å². The number of allylic oxidation sites excluding steroid dienone is 1. The van der Waals surface area contributed by atoms with E-state index in [-0.39, 0.29) is 50.3 Å². The second-order valence-electron chi connectivity index (χ2n) is 17.0. The Kier molecular flexibility index (Phi) is 14.2. The molecule has 12 heteroatoms. The number of benzene rings is 3. The van der Waals surface area contributed by atoms with E-state index in [1.54, 1.807) is 48.0 Å². The number of hydrogen-bond donors (Lipinski definition) is 2. The van der Waals surface area contributed by atoms with E-state index in [1.165, 1.54) is 4.90 Å². The summed E-state index contributed by atoms with van der Waals surface area (Å²) in [5.74, 6) is 1.36. The molecule has 0 bridgehead atoms. The van der Waals surface area contributed by atoms with Crippen LogP contribution >= 0.6 is 11.8 Å². The number of carbonyl (C=O) groups excluding carboxylic acids is 1. The third-order valence-corrected chi connectivity index (χ3v) is 12.8. The van der Waals surface area contributed by atoms with Crippen molar-refractivity contribution in [1.29, 1.82) is 0 Å². The van der Waals surface area contributed by atoms with E-state index in [9.17, 15) is 15.0 Å². The number of oxime groups is 1. The molecule has 0 aromatic heterocycles. The number of ether oxygens (including phenoxy) is 5. The fourth-order valence-corrected chi connectivity index (χ4v) is 9.97. The van der Waals surface area contributed by atoms with Crippen LogP contribution in [0.5, 0.6) is 23.0 Å². The second-order valence-corrected chi connectivity index (χ2v) is 18.1. The molecule has 6 unspecified atom stereocenters. The van der Waals surface area contributed by atoms with Crippen LogP contribution in [0.25, 0.3) is 0 Å². The number of rotatable bonds is 19. The van der Waals surface area contributed by atoms with Crippen molar-refractivity contribution in [1.82, 2.24) is 4.90 Å². The first-order valence-corrected chi connectivity index (χ1v) is 22.3. The van der Waals surface area contributed by atoms with Gasteiger partial charge in [-0.3, -0.25) is 4.79 Å². The highest BCUT2D eigenvalue weighted by Crippen LogP contribution is 2.62. The molecule has 0 saturated heterocycles. The molecule has 1 fully saturated rings. The molecule has 1 amide bonds. The Balaban J connectivity index is 1.36. The Hall–Kier alpha value is -4.49. The molecule has 6 atom stereocenters. The number of carbonyl (C=O) groups is 1. The fourth-order valence-electron chi connectivity index (χ4n) is 9.22. The molecule has 7 rings (SSSR count). The average Bonchev–Trinajstić information content (AvgIpc) is 3.73. The van der Waals surface area contributed by atoms with Crippen molar-refractivity contribution in [3.05, 3.63) is 102 Å². The van der Waals surface area contributed by atoms with Crippen LogP contribution in [0, 0.1) is 17.8 Å². The standard InChI is InChI=1S/C48H60N2O9S/c1-6-24-57-48-43(50(5)46(53)33-18-20-41-42(28-33)56-31-55-41)30-39(49-59-47(2,3)4)37-27-32(14-10-12-22-51)36(17-11-13-23-52)44(45(37)48)38-29-34(19-21-40(38)58-48)54-25-26-60-35-15-8-7-9-16-35/h6-9,15-16,18-21,27-29,32,36,43-45,51-52H,1,10-14,17,22-26,30-31H2,2-5H3. The first kappa shape index (κ1) is 43.6. The third-order valence-electron chi connectivity index (χ3n) is 11.8. The molecule has 4 aliphatic rings. The molecule has 2 N–H and O–H groups in total. The first-order chi connectivity index (χ1) is 29.1. The van der Waals surface area contributed by atoms with Gasteiger partial charge in [-0.2, -0.15) is 0 Å². The zero-order valence-electron chi connectivity index (χ0n) is 35.3. The van der Waals surface area contributed by atoms with E-state index >= 15 is 0 Å². The van der Waals surface area contributed by atoms with Crippen molar-refractivity contribution in [2.24, 2.45) is 22.9 Å². The summed E-state index contributed by atoms with van der Waals surface area (Å²) in [6, 6.07) is 20.9. The lowest BCUT2D eigenvalue weighted by atomic mass is 9.55. The Morgan fingerprint density at radius 3 is 2.48 bits per heavy atom. The first-order valence-electron chi connectivity index (χ1n) is 21.3. The Morgan fingerprint density at radius 1 is 0.983 bits per heavy atom. The number of likely N-dealkylation sites (N-methyl/N-ethyl adjacent to an activating group) is 1. The van der Waals surface area contributed by atoms with Gasteiger partial charge >= 0.3 is 0 Å². The molecule has 322 valence electrons. The highest BCUT2D eigenvalue weighted by atomic mass is 32.2. The lowest BCUT2D eigenvalue weighted by molar-refractivity contribution is -0.252. The van der Waals surface area contributed by atoms with Crippen molar-refractivity contribution < 1.29 is 43.5 Å². The molecule has 2 aliphatic heterocycles. The number of unbranched alkanes of at least 4 members (excludes halogenated alkanes) is 2. The van der Waals surface area contributed by atoms with Gasteiger partial charge in [-0.15, -0.1) is 18.3 Å². The molecule has 2 aliphatic carbocycles. The SMILES string of the molecule is C=CCOC12Oc3ccc(OCCSc4ccccc4)cc3C3C(CCCCO)C(CCCCO)C=C(C(=NOC(C)(C)C)CC1N(C)C(=O)c1ccc4c(c1)OCO4)C32. The van der Waals surface area contributed by atoms with E-state index in [1.807, 2.05) is 51.1 Å². The maximum Gasteiger partial charge on any atom is 0.254 e. The number of fused-ring (bicyclic) bond motifs is 3. The Bertz CT molecular complexity index is 2020. The normalized spacial score (nSPS) is 24.5. The highest BCUT2D eigenvalue weighted by molar-refractivity contribution is 7.99. The van der Waals surface area contributed by atoms with Gasteiger partial charge in [0.25, 0.3) is 5.91 Å². The average molecular weight is 841 g/mol. The molecule has 1 saturated carbocycles. The van der Waals surface area contributed by atoms with Gasteiger partial charge in [0.2, 0.25) is 12.6 Å². The molecular weight excluding hydrogens is 781 g/mol. The van der Waals surface area contributed by atoms with Crippen molar-refractivity contribution in [3.63, 3.8) is 0 Å². The fraction of sp³-hybridized carbons (Fsp3) is 0.500. The molecule has 0 spiro atoms. The van der Waals surface area contributed by atoms with Crippen LogP contribution in [0.3, 0.4) is 0 Å². The molecule has 3 aromatic rings. The molecule has 11 nitrogen and oxygen atoms in total. The van der Waals surface area contributed by atoms with Gasteiger partial charge < -0.3 is 43.6 Å². The summed E-state index contributed by atoms with van der Waals surface area (Å²) >= 11 is 1.75. The van der Waals surface area contributed by atoms with Gasteiger partial charge in [0, 0.05) is 54.4 Å². The third kappa shape index (κ3) is 9.52. The van der Waals surface area contributed by atoms with Crippen molar-refractivity contribution >= 4 is 23.4 Å². The van der Waals surface area contributed by atoms with E-state index in [4.69, 9.17) is 33.7 Å². The number of hydrogen-bond acceptors (Lipinski definition) is 11. The van der Waals surface area contributed by atoms with E-state index in [0.29, 0.717) is 48.7 Å². The zero-order valence-corrected chi connectivity index (χ0v) is 36.2. The van der Waals surface area contributed by atoms with E-state index in [2.05, 4.69) is 30.9 Å². The van der Waals surface area contributed by atoms with Crippen molar-refractivity contribution in [3.8, 4) is 23.0 Å². The van der Waals surface area contributed by atoms with Crippen molar-refractivity contribution in [2.45, 2.75) is 94.0 Å². The predicted octanol–water partition coefficient (Wildman–Crippen LogP) is 8.79. The lowest BCUT2D eigenvalue weighted by Gasteiger charge is -2.59. The number of aliphatic hydroxyl groups is 2. The minimum atomic E-state index is -1.36. The molecule has 60 heavy (non-hydrogen) atoms. The summed E-state index contributed by atoms with van der Waals surface area (Å²) < 4.78 is 32.0. The van der Waals surface area contributed by atoms with Crippen LogP contribution in [0.2, 0.25) is 0 Å². The maximum absolute atomic E-state index is 14.7. The van der Waals surface area contributed by atoms with Crippen molar-refractivity contribution in [2.75, 3.05) is 46.0 Å². The summed E-state index contributed by atoms with van der Waals surface area (Å²) in [5, 5.41) is 24.7. The zero-order chi connectivity index (χ0) is 42.3. The van der Waals surface area contributed by atoms with Gasteiger partial charge in [-0.25, -0.2) is 0 Å². The monoisotopic (exact) mass is 840 g/mol. The van der Waals surface area contributed by atoms with Crippen LogP contribution in [0.15, 0.2) is 101 Å². The van der Waals surface area contributed by atoms with Gasteiger partial charge in [-0.1, -0.05) is 48.3 Å². The smallest absolute Gasteiger partial charge is 0.254 e. The number of nitrogens with zero attached hydrogens (tertiary/aromatic N) is 2. The van der Waals surface area contributed by atoms with Crippen LogP contribution in [0.4, 0.5) is 0 Å². The Labute approximate surface area is 358 Å².